The minimum absolute atomic E-state index is 0.0214. The van der Waals surface area contributed by atoms with Gasteiger partial charge in [-0.05, 0) is 52.6 Å². The molecule has 0 bridgehead atoms. The van der Waals surface area contributed by atoms with E-state index in [0.717, 1.165) is 63.8 Å². The highest BCUT2D eigenvalue weighted by Gasteiger charge is 2.24. The Hall–Kier alpha value is -2.15. The van der Waals surface area contributed by atoms with Gasteiger partial charge in [-0.25, -0.2) is 4.98 Å². The summed E-state index contributed by atoms with van der Waals surface area (Å²) in [6.45, 7) is 10.2. The summed E-state index contributed by atoms with van der Waals surface area (Å²) < 4.78 is 2.06. The molecular weight excluding hydrogens is 340 g/mol. The number of nitrogens with one attached hydrogen (secondary N) is 1. The Morgan fingerprint density at radius 1 is 1.19 bits per heavy atom. The summed E-state index contributed by atoms with van der Waals surface area (Å²) in [7, 11) is 0. The minimum Gasteiger partial charge on any atom is -0.342 e. The topological polar surface area (TPSA) is 70.1 Å². The van der Waals surface area contributed by atoms with E-state index < -0.39 is 0 Å². The van der Waals surface area contributed by atoms with Crippen LogP contribution in [0, 0.1) is 6.92 Å². The van der Waals surface area contributed by atoms with Crippen LogP contribution in [0.25, 0.3) is 0 Å². The van der Waals surface area contributed by atoms with Gasteiger partial charge in [-0.1, -0.05) is 0 Å². The third-order valence-corrected chi connectivity index (χ3v) is 6.06. The molecule has 2 aromatic rings. The first-order chi connectivity index (χ1) is 13.1. The molecule has 0 spiro atoms. The van der Waals surface area contributed by atoms with Crippen LogP contribution in [-0.2, 0) is 13.1 Å². The molecule has 146 valence electrons. The van der Waals surface area contributed by atoms with Crippen molar-refractivity contribution in [2.45, 2.75) is 58.5 Å². The Bertz CT molecular complexity index is 827. The maximum absolute atomic E-state index is 12.1. The standard InChI is InChI=1S/C20H30N6O/c1-3-26-15(2)17(13-21-26)14-24-10-6-16(7-11-24)18-12-19(27)23-20(22-18)25-8-4-5-9-25/h12-13,16H,3-11,14H2,1-2H3,(H,22,23,27). The van der Waals surface area contributed by atoms with Crippen LogP contribution in [0.3, 0.4) is 0 Å². The number of aromatic amines is 1. The second-order valence-electron chi connectivity index (χ2n) is 7.81. The number of piperidine rings is 1. The van der Waals surface area contributed by atoms with Crippen molar-refractivity contribution >= 4 is 5.95 Å². The number of aromatic nitrogens is 4. The molecular formula is C20H30N6O. The first kappa shape index (κ1) is 18.2. The molecule has 4 rings (SSSR count). The molecule has 0 aromatic carbocycles. The van der Waals surface area contributed by atoms with Gasteiger partial charge in [0.15, 0.2) is 0 Å². The van der Waals surface area contributed by atoms with Crippen molar-refractivity contribution in [1.29, 1.82) is 0 Å². The molecule has 2 saturated heterocycles. The summed E-state index contributed by atoms with van der Waals surface area (Å²) in [5, 5.41) is 4.46. The lowest BCUT2D eigenvalue weighted by Crippen LogP contribution is -2.33. The summed E-state index contributed by atoms with van der Waals surface area (Å²) in [4.78, 5) is 24.6. The maximum atomic E-state index is 12.1. The van der Waals surface area contributed by atoms with Gasteiger partial charge in [-0.2, -0.15) is 5.10 Å². The predicted molar refractivity (Wildman–Crippen MR) is 106 cm³/mol. The summed E-state index contributed by atoms with van der Waals surface area (Å²) in [5.41, 5.74) is 3.54. The molecule has 4 heterocycles. The summed E-state index contributed by atoms with van der Waals surface area (Å²) in [6.07, 6.45) is 6.47. The van der Waals surface area contributed by atoms with E-state index in [2.05, 4.69) is 38.4 Å². The molecule has 0 saturated carbocycles. The number of hydrogen-bond acceptors (Lipinski definition) is 5. The normalized spacial score (nSPS) is 19.1. The van der Waals surface area contributed by atoms with E-state index >= 15 is 0 Å². The number of likely N-dealkylation sites (tertiary alicyclic amines) is 1. The van der Waals surface area contributed by atoms with Crippen LogP contribution in [0.15, 0.2) is 17.1 Å². The third kappa shape index (κ3) is 3.93. The molecule has 2 fully saturated rings. The molecule has 0 atom stereocenters. The number of anilines is 1. The summed E-state index contributed by atoms with van der Waals surface area (Å²) >= 11 is 0. The van der Waals surface area contributed by atoms with Crippen LogP contribution in [0.1, 0.15) is 55.5 Å². The zero-order chi connectivity index (χ0) is 18.8. The van der Waals surface area contributed by atoms with Crippen molar-refractivity contribution in [2.24, 2.45) is 0 Å². The fraction of sp³-hybridized carbons (Fsp3) is 0.650. The lowest BCUT2D eigenvalue weighted by atomic mass is 9.93. The zero-order valence-corrected chi connectivity index (χ0v) is 16.4. The Balaban J connectivity index is 1.40. The SMILES string of the molecule is CCn1ncc(CN2CCC(c3cc(=O)[nH]c(N4CCCC4)n3)CC2)c1C. The van der Waals surface area contributed by atoms with Gasteiger partial charge < -0.3 is 4.90 Å². The fourth-order valence-electron chi connectivity index (χ4n) is 4.34. The van der Waals surface area contributed by atoms with Gasteiger partial charge >= 0.3 is 0 Å². The Kier molecular flexibility index (Phi) is 5.29. The van der Waals surface area contributed by atoms with E-state index in [1.807, 2.05) is 6.20 Å². The zero-order valence-electron chi connectivity index (χ0n) is 16.4. The van der Waals surface area contributed by atoms with Gasteiger partial charge in [0, 0.05) is 49.4 Å². The lowest BCUT2D eigenvalue weighted by molar-refractivity contribution is 0.203. The molecule has 0 aliphatic carbocycles. The number of aryl methyl sites for hydroxylation is 1. The molecule has 0 amide bonds. The Morgan fingerprint density at radius 3 is 2.59 bits per heavy atom. The monoisotopic (exact) mass is 370 g/mol. The highest BCUT2D eigenvalue weighted by Crippen LogP contribution is 2.28. The van der Waals surface area contributed by atoms with Gasteiger partial charge in [-0.3, -0.25) is 19.4 Å². The summed E-state index contributed by atoms with van der Waals surface area (Å²) in [6, 6.07) is 1.70. The van der Waals surface area contributed by atoms with Crippen molar-refractivity contribution in [3.63, 3.8) is 0 Å². The van der Waals surface area contributed by atoms with Crippen LogP contribution >= 0.6 is 0 Å². The first-order valence-corrected chi connectivity index (χ1v) is 10.2. The highest BCUT2D eigenvalue weighted by molar-refractivity contribution is 5.32. The highest BCUT2D eigenvalue weighted by atomic mass is 16.1. The lowest BCUT2D eigenvalue weighted by Gasteiger charge is -2.31. The van der Waals surface area contributed by atoms with Crippen molar-refractivity contribution in [3.8, 4) is 0 Å². The molecule has 2 aromatic heterocycles. The molecule has 1 N–H and O–H groups in total. The van der Waals surface area contributed by atoms with Gasteiger partial charge in [0.2, 0.25) is 5.95 Å². The second kappa shape index (κ2) is 7.84. The number of nitrogens with zero attached hydrogens (tertiary/aromatic N) is 5. The second-order valence-corrected chi connectivity index (χ2v) is 7.81. The third-order valence-electron chi connectivity index (χ3n) is 6.06. The molecule has 2 aliphatic heterocycles. The fourth-order valence-corrected chi connectivity index (χ4v) is 4.34. The van der Waals surface area contributed by atoms with Crippen molar-refractivity contribution in [3.05, 3.63) is 39.6 Å². The Morgan fingerprint density at radius 2 is 1.93 bits per heavy atom. The maximum Gasteiger partial charge on any atom is 0.252 e. The van der Waals surface area contributed by atoms with Crippen LogP contribution in [-0.4, -0.2) is 50.8 Å². The predicted octanol–water partition coefficient (Wildman–Crippen LogP) is 2.27. The van der Waals surface area contributed by atoms with E-state index in [4.69, 9.17) is 4.98 Å². The van der Waals surface area contributed by atoms with Crippen LogP contribution in [0.5, 0.6) is 0 Å². The molecule has 27 heavy (non-hydrogen) atoms. The van der Waals surface area contributed by atoms with E-state index in [1.54, 1.807) is 6.07 Å². The van der Waals surface area contributed by atoms with E-state index in [-0.39, 0.29) is 5.56 Å². The van der Waals surface area contributed by atoms with Crippen LogP contribution < -0.4 is 10.5 Å². The van der Waals surface area contributed by atoms with Crippen LogP contribution in [0.4, 0.5) is 5.95 Å². The number of hydrogen-bond donors (Lipinski definition) is 1. The van der Waals surface area contributed by atoms with E-state index in [0.29, 0.717) is 5.92 Å². The number of H-pyrrole nitrogens is 1. The van der Waals surface area contributed by atoms with Gasteiger partial charge in [0.25, 0.3) is 5.56 Å². The smallest absolute Gasteiger partial charge is 0.252 e. The number of rotatable bonds is 5. The summed E-state index contributed by atoms with van der Waals surface area (Å²) in [5.74, 6) is 1.14. The molecule has 7 heteroatoms. The first-order valence-electron chi connectivity index (χ1n) is 10.2. The molecule has 2 aliphatic rings. The van der Waals surface area contributed by atoms with Crippen LogP contribution in [0.2, 0.25) is 0 Å². The molecule has 7 nitrogen and oxygen atoms in total. The molecule has 0 unspecified atom stereocenters. The quantitative estimate of drug-likeness (QED) is 0.874. The van der Waals surface area contributed by atoms with E-state index in [9.17, 15) is 4.79 Å². The van der Waals surface area contributed by atoms with Crippen molar-refractivity contribution in [2.75, 3.05) is 31.1 Å². The van der Waals surface area contributed by atoms with Gasteiger partial charge in [0.1, 0.15) is 0 Å². The van der Waals surface area contributed by atoms with Crippen molar-refractivity contribution < 1.29 is 0 Å². The van der Waals surface area contributed by atoms with Crippen molar-refractivity contribution in [1.82, 2.24) is 24.6 Å². The Labute approximate surface area is 160 Å². The average molecular weight is 371 g/mol. The van der Waals surface area contributed by atoms with Gasteiger partial charge in [-0.15, -0.1) is 0 Å². The average Bonchev–Trinajstić information content (AvgIpc) is 3.33. The van der Waals surface area contributed by atoms with Gasteiger partial charge in [0.05, 0.1) is 11.9 Å². The van der Waals surface area contributed by atoms with E-state index in [1.165, 1.54) is 24.1 Å². The molecule has 0 radical (unpaired) electrons. The largest absolute Gasteiger partial charge is 0.342 e. The minimum atomic E-state index is -0.0214.